The number of carbonyl (C=O) groups is 1. The summed E-state index contributed by atoms with van der Waals surface area (Å²) in [6.45, 7) is 6.20. The predicted molar refractivity (Wildman–Crippen MR) is 116 cm³/mol. The number of hydrogen-bond acceptors (Lipinski definition) is 3. The Morgan fingerprint density at radius 3 is 2.41 bits per heavy atom. The van der Waals surface area contributed by atoms with E-state index in [1.807, 2.05) is 44.2 Å². The van der Waals surface area contributed by atoms with Crippen molar-refractivity contribution in [2.45, 2.75) is 39.8 Å². The first-order chi connectivity index (χ1) is 13.9. The van der Waals surface area contributed by atoms with Crippen molar-refractivity contribution in [2.24, 2.45) is 0 Å². The van der Waals surface area contributed by atoms with Gasteiger partial charge in [0.15, 0.2) is 5.69 Å². The zero-order valence-electron chi connectivity index (χ0n) is 16.8. The molecule has 5 nitrogen and oxygen atoms in total. The van der Waals surface area contributed by atoms with E-state index in [1.54, 1.807) is 40.8 Å². The number of carbonyl (C=O) groups excluding carboxylic acids is 1. The molecule has 0 bridgehead atoms. The Bertz CT molecular complexity index is 1050. The fourth-order valence-electron chi connectivity index (χ4n) is 3.10. The van der Waals surface area contributed by atoms with Gasteiger partial charge in [-0.25, -0.2) is 4.68 Å². The first-order valence-electron chi connectivity index (χ1n) is 9.62. The minimum Gasteiger partial charge on any atom is -0.330 e. The zero-order chi connectivity index (χ0) is 21.0. The van der Waals surface area contributed by atoms with Crippen molar-refractivity contribution in [3.63, 3.8) is 0 Å². The second-order valence-corrected chi connectivity index (χ2v) is 7.50. The van der Waals surface area contributed by atoms with E-state index < -0.39 is 0 Å². The van der Waals surface area contributed by atoms with Crippen LogP contribution in [0, 0.1) is 6.92 Å². The average molecular weight is 410 g/mol. The first-order valence-corrected chi connectivity index (χ1v) is 10.00. The molecule has 1 amide bonds. The molecular weight excluding hydrogens is 386 g/mol. The van der Waals surface area contributed by atoms with E-state index in [-0.39, 0.29) is 23.1 Å². The molecule has 1 aromatic heterocycles. The fraction of sp³-hybridized carbons (Fsp3) is 0.261. The Balaban J connectivity index is 2.02. The number of halogens is 1. The smallest absolute Gasteiger partial charge is 0.278 e. The summed E-state index contributed by atoms with van der Waals surface area (Å²) in [5.74, 6) is -0.365. The third-order valence-corrected chi connectivity index (χ3v) is 5.21. The van der Waals surface area contributed by atoms with E-state index in [0.29, 0.717) is 17.3 Å². The SMILES string of the molecule is CC[C@@H](C)N(Cc1ccccc1)C(=O)c1nn(-c2ccc(Cl)cc2)c(C)cc1=O. The van der Waals surface area contributed by atoms with Gasteiger partial charge in [0.05, 0.1) is 5.69 Å². The number of rotatable bonds is 6. The molecule has 0 spiro atoms. The highest BCUT2D eigenvalue weighted by Gasteiger charge is 2.25. The lowest BCUT2D eigenvalue weighted by molar-refractivity contribution is 0.0662. The van der Waals surface area contributed by atoms with Crippen LogP contribution in [-0.2, 0) is 6.54 Å². The van der Waals surface area contributed by atoms with Crippen LogP contribution in [0.2, 0.25) is 5.02 Å². The monoisotopic (exact) mass is 409 g/mol. The molecule has 0 saturated carbocycles. The maximum Gasteiger partial charge on any atom is 0.278 e. The van der Waals surface area contributed by atoms with E-state index in [4.69, 9.17) is 11.6 Å². The quantitative estimate of drug-likeness (QED) is 0.596. The second kappa shape index (κ2) is 9.05. The van der Waals surface area contributed by atoms with Gasteiger partial charge in [0.2, 0.25) is 5.43 Å². The van der Waals surface area contributed by atoms with Crippen molar-refractivity contribution >= 4 is 17.5 Å². The van der Waals surface area contributed by atoms with Crippen LogP contribution in [0.4, 0.5) is 0 Å². The molecule has 0 unspecified atom stereocenters. The summed E-state index contributed by atoms with van der Waals surface area (Å²) in [4.78, 5) is 27.7. The molecular formula is C23H24ClN3O2. The summed E-state index contributed by atoms with van der Waals surface area (Å²) in [5.41, 5.74) is 1.93. The molecule has 3 aromatic rings. The van der Waals surface area contributed by atoms with Crippen molar-refractivity contribution in [1.82, 2.24) is 14.7 Å². The van der Waals surface area contributed by atoms with Crippen molar-refractivity contribution in [1.29, 1.82) is 0 Å². The Kier molecular flexibility index (Phi) is 6.49. The van der Waals surface area contributed by atoms with Crippen LogP contribution in [0.25, 0.3) is 5.69 Å². The fourth-order valence-corrected chi connectivity index (χ4v) is 3.23. The molecule has 0 radical (unpaired) electrons. The van der Waals surface area contributed by atoms with E-state index >= 15 is 0 Å². The Labute approximate surface area is 175 Å². The van der Waals surface area contributed by atoms with Gasteiger partial charge in [0.25, 0.3) is 5.91 Å². The third-order valence-electron chi connectivity index (χ3n) is 4.96. The van der Waals surface area contributed by atoms with Gasteiger partial charge >= 0.3 is 0 Å². The van der Waals surface area contributed by atoms with Gasteiger partial charge in [0, 0.05) is 29.4 Å². The molecule has 1 heterocycles. The summed E-state index contributed by atoms with van der Waals surface area (Å²) in [7, 11) is 0. The lowest BCUT2D eigenvalue weighted by Gasteiger charge is -2.28. The summed E-state index contributed by atoms with van der Waals surface area (Å²) in [5, 5.41) is 5.03. The highest BCUT2D eigenvalue weighted by molar-refractivity contribution is 6.30. The molecule has 0 saturated heterocycles. The Morgan fingerprint density at radius 1 is 1.14 bits per heavy atom. The summed E-state index contributed by atoms with van der Waals surface area (Å²) >= 11 is 5.97. The topological polar surface area (TPSA) is 55.2 Å². The number of benzene rings is 2. The molecule has 29 heavy (non-hydrogen) atoms. The van der Waals surface area contributed by atoms with Crippen molar-refractivity contribution < 1.29 is 4.79 Å². The van der Waals surface area contributed by atoms with E-state index in [2.05, 4.69) is 5.10 Å². The standard InChI is InChI=1S/C23H24ClN3O2/c1-4-16(2)26(15-18-8-6-5-7-9-18)23(29)22-21(28)14-17(3)27(25-22)20-12-10-19(24)11-13-20/h5-14,16H,4,15H2,1-3H3/t16-/m1/s1. The Hall–Kier alpha value is -2.92. The zero-order valence-corrected chi connectivity index (χ0v) is 17.6. The molecule has 0 N–H and O–H groups in total. The number of aryl methyl sites for hydroxylation is 1. The van der Waals surface area contributed by atoms with E-state index in [0.717, 1.165) is 17.7 Å². The molecule has 6 heteroatoms. The van der Waals surface area contributed by atoms with Gasteiger partial charge in [-0.2, -0.15) is 5.10 Å². The molecule has 0 fully saturated rings. The third kappa shape index (κ3) is 4.74. The predicted octanol–water partition coefficient (Wildman–Crippen LogP) is 4.64. The summed E-state index contributed by atoms with van der Waals surface area (Å²) in [6, 6.07) is 18.3. The maximum atomic E-state index is 13.3. The normalized spacial score (nSPS) is 11.9. The van der Waals surface area contributed by atoms with E-state index in [1.165, 1.54) is 6.07 Å². The van der Waals surface area contributed by atoms with Gasteiger partial charge in [-0.3, -0.25) is 9.59 Å². The number of nitrogens with zero attached hydrogens (tertiary/aromatic N) is 3. The van der Waals surface area contributed by atoms with Gasteiger partial charge in [-0.15, -0.1) is 0 Å². The van der Waals surface area contributed by atoms with Gasteiger partial charge in [-0.05, 0) is 50.1 Å². The lowest BCUT2D eigenvalue weighted by Crippen LogP contribution is -2.41. The highest BCUT2D eigenvalue weighted by atomic mass is 35.5. The average Bonchev–Trinajstić information content (AvgIpc) is 2.73. The van der Waals surface area contributed by atoms with Crippen molar-refractivity contribution in [3.8, 4) is 5.69 Å². The van der Waals surface area contributed by atoms with Crippen LogP contribution in [0.15, 0.2) is 65.5 Å². The maximum absolute atomic E-state index is 13.3. The highest BCUT2D eigenvalue weighted by Crippen LogP contribution is 2.16. The molecule has 0 aliphatic rings. The number of hydrogen-bond donors (Lipinski definition) is 0. The van der Waals surface area contributed by atoms with Crippen LogP contribution in [0.3, 0.4) is 0 Å². The minimum absolute atomic E-state index is 0.0332. The minimum atomic E-state index is -0.376. The van der Waals surface area contributed by atoms with E-state index in [9.17, 15) is 9.59 Å². The number of aromatic nitrogens is 2. The molecule has 0 aliphatic carbocycles. The lowest BCUT2D eigenvalue weighted by atomic mass is 10.1. The second-order valence-electron chi connectivity index (χ2n) is 7.06. The number of amides is 1. The van der Waals surface area contributed by atoms with Crippen LogP contribution in [0.1, 0.15) is 42.0 Å². The molecule has 3 rings (SSSR count). The van der Waals surface area contributed by atoms with Crippen LogP contribution < -0.4 is 5.43 Å². The molecule has 150 valence electrons. The molecule has 1 atom stereocenters. The summed E-state index contributed by atoms with van der Waals surface area (Å²) < 4.78 is 1.60. The molecule has 2 aromatic carbocycles. The first kappa shape index (κ1) is 20.8. The van der Waals surface area contributed by atoms with Gasteiger partial charge < -0.3 is 4.90 Å². The Morgan fingerprint density at radius 2 is 1.79 bits per heavy atom. The summed E-state index contributed by atoms with van der Waals surface area (Å²) in [6.07, 6.45) is 0.774. The van der Waals surface area contributed by atoms with Gasteiger partial charge in [-0.1, -0.05) is 48.9 Å². The largest absolute Gasteiger partial charge is 0.330 e. The van der Waals surface area contributed by atoms with Gasteiger partial charge in [0.1, 0.15) is 0 Å². The van der Waals surface area contributed by atoms with Crippen LogP contribution >= 0.6 is 11.6 Å². The van der Waals surface area contributed by atoms with Crippen molar-refractivity contribution in [3.05, 3.63) is 92.9 Å². The van der Waals surface area contributed by atoms with Crippen LogP contribution in [-0.4, -0.2) is 26.6 Å². The van der Waals surface area contributed by atoms with Crippen molar-refractivity contribution in [2.75, 3.05) is 0 Å². The van der Waals surface area contributed by atoms with Crippen LogP contribution in [0.5, 0.6) is 0 Å². The molecule has 0 aliphatic heterocycles.